The van der Waals surface area contributed by atoms with Gasteiger partial charge < -0.3 is 0 Å². The Morgan fingerprint density at radius 3 is 1.65 bits per heavy atom. The van der Waals surface area contributed by atoms with Gasteiger partial charge in [0.1, 0.15) is 0 Å². The second kappa shape index (κ2) is 4.94. The highest BCUT2D eigenvalue weighted by Gasteiger charge is 2.45. The van der Waals surface area contributed by atoms with E-state index in [0.29, 0.717) is 0 Å². The van der Waals surface area contributed by atoms with E-state index in [0.717, 1.165) is 47.3 Å². The maximum absolute atomic E-state index is 2.50. The normalized spacial score (nSPS) is 48.2. The van der Waals surface area contributed by atoms with Gasteiger partial charge in [0.15, 0.2) is 0 Å². The second-order valence-corrected chi connectivity index (χ2v) is 7.74. The first kappa shape index (κ1) is 13.4. The van der Waals surface area contributed by atoms with Crippen molar-refractivity contribution >= 4 is 0 Å². The van der Waals surface area contributed by atoms with Crippen LogP contribution in [0.15, 0.2) is 0 Å². The first-order valence-electron chi connectivity index (χ1n) is 7.91. The minimum absolute atomic E-state index is 0.887. The molecule has 2 aliphatic carbocycles. The Morgan fingerprint density at radius 1 is 0.765 bits per heavy atom. The molecular formula is C17H32. The standard InChI is InChI=1S/C17H32/c1-10(2)17(16-9-13(5)14(16)6)15-7-11(3)12(4)8-15/h10-17H,7-9H2,1-6H3. The van der Waals surface area contributed by atoms with Crippen molar-refractivity contribution in [2.45, 2.75) is 60.8 Å². The molecule has 100 valence electrons. The first-order valence-corrected chi connectivity index (χ1v) is 7.91. The van der Waals surface area contributed by atoms with Gasteiger partial charge in [-0.3, -0.25) is 0 Å². The number of rotatable bonds is 3. The average molecular weight is 236 g/mol. The predicted molar refractivity (Wildman–Crippen MR) is 75.8 cm³/mol. The third-order valence-electron chi connectivity index (χ3n) is 6.35. The largest absolute Gasteiger partial charge is 0.0625 e. The van der Waals surface area contributed by atoms with Gasteiger partial charge in [-0.25, -0.2) is 0 Å². The fraction of sp³-hybridized carbons (Fsp3) is 1.00. The molecule has 0 aliphatic heterocycles. The Labute approximate surface area is 109 Å². The van der Waals surface area contributed by atoms with Crippen molar-refractivity contribution in [2.75, 3.05) is 0 Å². The number of hydrogen-bond donors (Lipinski definition) is 0. The Hall–Kier alpha value is 0. The van der Waals surface area contributed by atoms with E-state index in [2.05, 4.69) is 41.5 Å². The van der Waals surface area contributed by atoms with Crippen molar-refractivity contribution in [3.05, 3.63) is 0 Å². The van der Waals surface area contributed by atoms with E-state index in [-0.39, 0.29) is 0 Å². The lowest BCUT2D eigenvalue weighted by atomic mass is 9.56. The van der Waals surface area contributed by atoms with Gasteiger partial charge in [-0.05, 0) is 66.6 Å². The zero-order chi connectivity index (χ0) is 12.7. The molecule has 0 nitrogen and oxygen atoms in total. The van der Waals surface area contributed by atoms with Gasteiger partial charge in [-0.15, -0.1) is 0 Å². The molecule has 0 heterocycles. The molecule has 0 aromatic rings. The van der Waals surface area contributed by atoms with Gasteiger partial charge in [0.2, 0.25) is 0 Å². The van der Waals surface area contributed by atoms with Crippen molar-refractivity contribution in [1.29, 1.82) is 0 Å². The van der Waals surface area contributed by atoms with Crippen molar-refractivity contribution in [3.63, 3.8) is 0 Å². The molecule has 0 saturated heterocycles. The second-order valence-electron chi connectivity index (χ2n) is 7.74. The predicted octanol–water partition coefficient (Wildman–Crippen LogP) is 5.23. The lowest BCUT2D eigenvalue weighted by molar-refractivity contribution is -0.00193. The third-order valence-corrected chi connectivity index (χ3v) is 6.35. The van der Waals surface area contributed by atoms with E-state index in [4.69, 9.17) is 0 Å². The highest BCUT2D eigenvalue weighted by atomic mass is 14.5. The van der Waals surface area contributed by atoms with Crippen molar-refractivity contribution in [2.24, 2.45) is 47.3 Å². The summed E-state index contributed by atoms with van der Waals surface area (Å²) < 4.78 is 0. The zero-order valence-corrected chi connectivity index (χ0v) is 12.7. The lowest BCUT2D eigenvalue weighted by Gasteiger charge is -2.49. The minimum Gasteiger partial charge on any atom is -0.0625 e. The molecular weight excluding hydrogens is 204 g/mol. The Morgan fingerprint density at radius 2 is 1.29 bits per heavy atom. The highest BCUT2D eigenvalue weighted by Crippen LogP contribution is 2.53. The van der Waals surface area contributed by atoms with Crippen LogP contribution in [0.4, 0.5) is 0 Å². The van der Waals surface area contributed by atoms with Crippen LogP contribution in [-0.2, 0) is 0 Å². The van der Waals surface area contributed by atoms with E-state index in [1.165, 1.54) is 19.3 Å². The average Bonchev–Trinajstić information content (AvgIpc) is 2.57. The maximum atomic E-state index is 2.50. The Kier molecular flexibility index (Phi) is 3.90. The van der Waals surface area contributed by atoms with Gasteiger partial charge in [0.25, 0.3) is 0 Å². The Bertz CT molecular complexity index is 245. The van der Waals surface area contributed by atoms with Crippen molar-refractivity contribution in [3.8, 4) is 0 Å². The molecule has 0 heteroatoms. The summed E-state index contributed by atoms with van der Waals surface area (Å²) in [6, 6.07) is 0. The monoisotopic (exact) mass is 236 g/mol. The summed E-state index contributed by atoms with van der Waals surface area (Å²) >= 11 is 0. The zero-order valence-electron chi connectivity index (χ0n) is 12.7. The molecule has 6 unspecified atom stereocenters. The van der Waals surface area contributed by atoms with E-state index in [9.17, 15) is 0 Å². The minimum atomic E-state index is 0.887. The number of hydrogen-bond acceptors (Lipinski definition) is 0. The summed E-state index contributed by atoms with van der Waals surface area (Å²) in [5.41, 5.74) is 0. The van der Waals surface area contributed by atoms with Gasteiger partial charge in [-0.1, -0.05) is 41.5 Å². The van der Waals surface area contributed by atoms with Crippen molar-refractivity contribution < 1.29 is 0 Å². The van der Waals surface area contributed by atoms with Crippen LogP contribution in [0.25, 0.3) is 0 Å². The molecule has 0 aromatic heterocycles. The highest BCUT2D eigenvalue weighted by molar-refractivity contribution is 4.94. The molecule has 0 radical (unpaired) electrons. The van der Waals surface area contributed by atoms with Crippen LogP contribution in [0.3, 0.4) is 0 Å². The first-order chi connectivity index (χ1) is 7.91. The molecule has 2 fully saturated rings. The topological polar surface area (TPSA) is 0 Å². The maximum Gasteiger partial charge on any atom is -0.0331 e. The molecule has 0 amide bonds. The SMILES string of the molecule is CC(C)C(C1CC(C)C(C)C1)C1CC(C)C1C. The van der Waals surface area contributed by atoms with Crippen LogP contribution in [-0.4, -0.2) is 0 Å². The summed E-state index contributed by atoms with van der Waals surface area (Å²) in [4.78, 5) is 0. The smallest absolute Gasteiger partial charge is 0.0331 e. The summed E-state index contributed by atoms with van der Waals surface area (Å²) in [6.07, 6.45) is 4.51. The summed E-state index contributed by atoms with van der Waals surface area (Å²) in [5.74, 6) is 7.85. The van der Waals surface area contributed by atoms with E-state index in [1.54, 1.807) is 0 Å². The van der Waals surface area contributed by atoms with Crippen LogP contribution < -0.4 is 0 Å². The summed E-state index contributed by atoms with van der Waals surface area (Å²) in [7, 11) is 0. The van der Waals surface area contributed by atoms with E-state index < -0.39 is 0 Å². The van der Waals surface area contributed by atoms with Gasteiger partial charge >= 0.3 is 0 Å². The third kappa shape index (κ3) is 2.42. The molecule has 2 aliphatic rings. The van der Waals surface area contributed by atoms with E-state index >= 15 is 0 Å². The lowest BCUT2D eigenvalue weighted by Crippen LogP contribution is -2.42. The van der Waals surface area contributed by atoms with Gasteiger partial charge in [-0.2, -0.15) is 0 Å². The van der Waals surface area contributed by atoms with Crippen LogP contribution in [0, 0.1) is 47.3 Å². The van der Waals surface area contributed by atoms with E-state index in [1.807, 2.05) is 0 Å². The molecule has 2 rings (SSSR count). The van der Waals surface area contributed by atoms with Crippen molar-refractivity contribution in [1.82, 2.24) is 0 Å². The van der Waals surface area contributed by atoms with Gasteiger partial charge in [0, 0.05) is 0 Å². The molecule has 0 bridgehead atoms. The fourth-order valence-electron chi connectivity index (χ4n) is 4.81. The van der Waals surface area contributed by atoms with Crippen LogP contribution in [0.5, 0.6) is 0 Å². The van der Waals surface area contributed by atoms with Gasteiger partial charge in [0.05, 0.1) is 0 Å². The molecule has 17 heavy (non-hydrogen) atoms. The Balaban J connectivity index is 2.04. The van der Waals surface area contributed by atoms with Crippen LogP contribution >= 0.6 is 0 Å². The molecule has 0 N–H and O–H groups in total. The molecule has 0 spiro atoms. The van der Waals surface area contributed by atoms with Crippen LogP contribution in [0.2, 0.25) is 0 Å². The quantitative estimate of drug-likeness (QED) is 0.629. The molecule has 0 aromatic carbocycles. The van der Waals surface area contributed by atoms with Crippen LogP contribution in [0.1, 0.15) is 60.8 Å². The summed E-state index contributed by atoms with van der Waals surface area (Å²) in [5, 5.41) is 0. The molecule has 2 saturated carbocycles. The summed E-state index contributed by atoms with van der Waals surface area (Å²) in [6.45, 7) is 14.8. The molecule has 6 atom stereocenters. The fourth-order valence-corrected chi connectivity index (χ4v) is 4.81.